The third-order valence-electron chi connectivity index (χ3n) is 9.25. The number of aliphatic hydroxyl groups is 1. The molecule has 1 heterocycles. The van der Waals surface area contributed by atoms with Crippen LogP contribution in [0.3, 0.4) is 0 Å². The van der Waals surface area contributed by atoms with Gasteiger partial charge < -0.3 is 35.8 Å². The van der Waals surface area contributed by atoms with Crippen LogP contribution in [-0.4, -0.2) is 96.9 Å². The molecule has 1 saturated heterocycles. The molecule has 1 unspecified atom stereocenters. The summed E-state index contributed by atoms with van der Waals surface area (Å²) in [6, 6.07) is 24.5. The van der Waals surface area contributed by atoms with Crippen LogP contribution in [0.1, 0.15) is 44.4 Å². The average Bonchev–Trinajstić information content (AvgIpc) is 3.15. The first-order valence-corrected chi connectivity index (χ1v) is 18.4. The van der Waals surface area contributed by atoms with Crippen molar-refractivity contribution >= 4 is 23.8 Å². The summed E-state index contributed by atoms with van der Waals surface area (Å²) in [6.45, 7) is 9.87. The van der Waals surface area contributed by atoms with Gasteiger partial charge in [0.1, 0.15) is 18.7 Å². The lowest BCUT2D eigenvalue weighted by atomic mass is 9.91. The van der Waals surface area contributed by atoms with Gasteiger partial charge in [-0.1, -0.05) is 119 Å². The minimum atomic E-state index is -1.28. The predicted octanol–water partition coefficient (Wildman–Crippen LogP) is 3.23. The minimum Gasteiger partial charge on any atom is -0.445 e. The van der Waals surface area contributed by atoms with E-state index in [1.165, 1.54) is 0 Å². The van der Waals surface area contributed by atoms with Crippen molar-refractivity contribution in [2.24, 2.45) is 11.8 Å². The summed E-state index contributed by atoms with van der Waals surface area (Å²) in [5.41, 5.74) is 2.53. The Labute approximate surface area is 313 Å². The van der Waals surface area contributed by atoms with Crippen LogP contribution in [0.2, 0.25) is 0 Å². The molecule has 1 aliphatic heterocycles. The Bertz CT molecular complexity index is 1570. The number of carbonyl (C=O) groups excluding carboxylic acids is 4. The van der Waals surface area contributed by atoms with E-state index in [1.807, 2.05) is 124 Å². The molecule has 0 aromatic heterocycles. The highest BCUT2D eigenvalue weighted by Crippen LogP contribution is 2.16. The van der Waals surface area contributed by atoms with Crippen LogP contribution < -0.4 is 21.3 Å². The predicted molar refractivity (Wildman–Crippen MR) is 203 cm³/mol. The number of rotatable bonds is 18. The largest absolute Gasteiger partial charge is 0.445 e. The van der Waals surface area contributed by atoms with Crippen LogP contribution in [0.15, 0.2) is 91.0 Å². The van der Waals surface area contributed by atoms with Gasteiger partial charge in [0.05, 0.1) is 37.9 Å². The van der Waals surface area contributed by atoms with Crippen LogP contribution in [0.4, 0.5) is 4.79 Å². The SMILES string of the molecule is CC(C)[C@H](NC(=O)CN1CCOCC1)C(=O)N[C@@H](Cc1ccccc1)C(O)[C@H](Cc1ccccc1)NC(=O)[C@@H](NC(=O)OCc1ccccc1)C(C)C. The third kappa shape index (κ3) is 13.6. The molecule has 4 amide bonds. The van der Waals surface area contributed by atoms with Gasteiger partial charge in [0.25, 0.3) is 0 Å². The topological polar surface area (TPSA) is 158 Å². The molecule has 5 N–H and O–H groups in total. The maximum absolute atomic E-state index is 14.0. The van der Waals surface area contributed by atoms with E-state index < -0.39 is 48.2 Å². The van der Waals surface area contributed by atoms with Gasteiger partial charge in [-0.15, -0.1) is 0 Å². The van der Waals surface area contributed by atoms with Gasteiger partial charge in [0.15, 0.2) is 0 Å². The second kappa shape index (κ2) is 21.1. The van der Waals surface area contributed by atoms with Crippen LogP contribution in [0.5, 0.6) is 0 Å². The molecule has 4 rings (SSSR count). The number of alkyl carbamates (subject to hydrolysis) is 1. The number of ether oxygens (including phenoxy) is 2. The fraction of sp³-hybridized carbons (Fsp3) is 0.463. The zero-order valence-electron chi connectivity index (χ0n) is 31.2. The van der Waals surface area contributed by atoms with Gasteiger partial charge in [-0.25, -0.2) is 4.79 Å². The number of benzene rings is 3. The van der Waals surface area contributed by atoms with Crippen molar-refractivity contribution in [1.82, 2.24) is 26.2 Å². The molecule has 1 fully saturated rings. The lowest BCUT2D eigenvalue weighted by molar-refractivity contribution is -0.132. The first kappa shape index (κ1) is 41.0. The molecule has 5 atom stereocenters. The molecular weight excluding hydrogens is 674 g/mol. The quantitative estimate of drug-likeness (QED) is 0.134. The summed E-state index contributed by atoms with van der Waals surface area (Å²) in [5, 5.41) is 23.8. The molecule has 3 aromatic rings. The number of hydrogen-bond acceptors (Lipinski definition) is 8. The maximum Gasteiger partial charge on any atom is 0.408 e. The van der Waals surface area contributed by atoms with Gasteiger partial charge >= 0.3 is 6.09 Å². The van der Waals surface area contributed by atoms with E-state index in [9.17, 15) is 24.3 Å². The summed E-state index contributed by atoms with van der Waals surface area (Å²) in [4.78, 5) is 55.8. The second-order valence-electron chi connectivity index (χ2n) is 14.2. The summed E-state index contributed by atoms with van der Waals surface area (Å²) in [6.07, 6.45) is -1.54. The van der Waals surface area contributed by atoms with E-state index in [1.54, 1.807) is 0 Å². The molecule has 3 aromatic carbocycles. The van der Waals surface area contributed by atoms with Crippen molar-refractivity contribution in [2.75, 3.05) is 32.8 Å². The Kier molecular flexibility index (Phi) is 16.3. The van der Waals surface area contributed by atoms with Crippen LogP contribution >= 0.6 is 0 Å². The first-order valence-electron chi connectivity index (χ1n) is 18.4. The summed E-state index contributed by atoms with van der Waals surface area (Å²) >= 11 is 0. The standard InChI is InChI=1S/C41H55N5O7/c1-28(2)36(44-35(47)26-46-20-22-52-23-21-46)39(49)42-33(24-30-14-8-5-9-15-30)38(48)34(25-31-16-10-6-11-17-31)43-40(50)37(29(3)4)45-41(51)53-27-32-18-12-7-13-19-32/h5-19,28-29,33-34,36-38,48H,20-27H2,1-4H3,(H,42,49)(H,43,50)(H,44,47)(H,45,51)/t33-,34-,36-,37-,38?/m0/s1. The number of hydrogen-bond donors (Lipinski definition) is 5. The average molecular weight is 730 g/mol. The van der Waals surface area contributed by atoms with Crippen molar-refractivity contribution in [2.45, 2.75) is 77.4 Å². The highest BCUT2D eigenvalue weighted by atomic mass is 16.5. The molecule has 0 aliphatic carbocycles. The van der Waals surface area contributed by atoms with Crippen molar-refractivity contribution in [3.63, 3.8) is 0 Å². The molecule has 0 spiro atoms. The summed E-state index contributed by atoms with van der Waals surface area (Å²) < 4.78 is 10.8. The maximum atomic E-state index is 14.0. The number of aliphatic hydroxyl groups excluding tert-OH is 1. The molecule has 0 bridgehead atoms. The zero-order valence-corrected chi connectivity index (χ0v) is 31.2. The van der Waals surface area contributed by atoms with Crippen molar-refractivity contribution < 1.29 is 33.8 Å². The Morgan fingerprint density at radius 2 is 1.09 bits per heavy atom. The van der Waals surface area contributed by atoms with Crippen LogP contribution in [0.25, 0.3) is 0 Å². The van der Waals surface area contributed by atoms with E-state index in [-0.39, 0.29) is 43.7 Å². The normalized spacial score (nSPS) is 16.1. The first-order chi connectivity index (χ1) is 25.5. The summed E-state index contributed by atoms with van der Waals surface area (Å²) in [7, 11) is 0. The zero-order chi connectivity index (χ0) is 38.2. The highest BCUT2D eigenvalue weighted by Gasteiger charge is 2.36. The monoisotopic (exact) mass is 729 g/mol. The summed E-state index contributed by atoms with van der Waals surface area (Å²) in [5.74, 6) is -1.79. The second-order valence-corrected chi connectivity index (χ2v) is 14.2. The van der Waals surface area contributed by atoms with E-state index in [4.69, 9.17) is 9.47 Å². The van der Waals surface area contributed by atoms with E-state index in [0.29, 0.717) is 26.3 Å². The molecule has 0 radical (unpaired) electrons. The van der Waals surface area contributed by atoms with Gasteiger partial charge in [-0.05, 0) is 41.4 Å². The lowest BCUT2D eigenvalue weighted by Crippen LogP contribution is -2.61. The van der Waals surface area contributed by atoms with Crippen LogP contribution in [0, 0.1) is 11.8 Å². The third-order valence-corrected chi connectivity index (χ3v) is 9.25. The fourth-order valence-electron chi connectivity index (χ4n) is 6.22. The number of carbonyl (C=O) groups is 4. The number of nitrogens with one attached hydrogen (secondary N) is 4. The molecular formula is C41H55N5O7. The van der Waals surface area contributed by atoms with E-state index in [0.717, 1.165) is 16.7 Å². The minimum absolute atomic E-state index is 0.0420. The van der Waals surface area contributed by atoms with Gasteiger partial charge in [0.2, 0.25) is 17.7 Å². The van der Waals surface area contributed by atoms with Crippen molar-refractivity contribution in [1.29, 1.82) is 0 Å². The molecule has 0 saturated carbocycles. The van der Waals surface area contributed by atoms with E-state index >= 15 is 0 Å². The molecule has 53 heavy (non-hydrogen) atoms. The Morgan fingerprint density at radius 3 is 1.55 bits per heavy atom. The molecule has 12 heteroatoms. The van der Waals surface area contributed by atoms with Crippen molar-refractivity contribution in [3.05, 3.63) is 108 Å². The fourth-order valence-corrected chi connectivity index (χ4v) is 6.22. The Balaban J connectivity index is 1.54. The van der Waals surface area contributed by atoms with Gasteiger partial charge in [0, 0.05) is 13.1 Å². The number of amides is 4. The number of morpholine rings is 1. The molecule has 286 valence electrons. The Morgan fingerprint density at radius 1 is 0.660 bits per heavy atom. The highest BCUT2D eigenvalue weighted by molar-refractivity contribution is 5.89. The Hall–Kier alpha value is -4.78. The van der Waals surface area contributed by atoms with Crippen LogP contribution in [-0.2, 0) is 43.3 Å². The number of nitrogens with zero attached hydrogens (tertiary/aromatic N) is 1. The smallest absolute Gasteiger partial charge is 0.408 e. The van der Waals surface area contributed by atoms with Crippen molar-refractivity contribution in [3.8, 4) is 0 Å². The molecule has 12 nitrogen and oxygen atoms in total. The molecule has 1 aliphatic rings. The lowest BCUT2D eigenvalue weighted by Gasteiger charge is -2.34. The van der Waals surface area contributed by atoms with E-state index in [2.05, 4.69) is 21.3 Å². The van der Waals surface area contributed by atoms with Gasteiger partial charge in [-0.2, -0.15) is 0 Å². The van der Waals surface area contributed by atoms with Gasteiger partial charge in [-0.3, -0.25) is 19.3 Å².